The SMILES string of the molecule is O=C(O)CCC1CCCC(NC(=O)C(c2ccc(CN3N=C(c4ccccc4)OCC3=O)cc2)C2CCCC2)C1. The summed E-state index contributed by atoms with van der Waals surface area (Å²) in [6, 6.07) is 17.7. The molecule has 0 aromatic heterocycles. The number of aliphatic carboxylic acids is 1. The smallest absolute Gasteiger partial charge is 0.303 e. The fourth-order valence-electron chi connectivity index (χ4n) is 6.48. The van der Waals surface area contributed by atoms with Crippen molar-refractivity contribution < 1.29 is 24.2 Å². The van der Waals surface area contributed by atoms with Gasteiger partial charge in [-0.15, -0.1) is 5.10 Å². The summed E-state index contributed by atoms with van der Waals surface area (Å²) >= 11 is 0. The molecule has 2 aromatic rings. The Bertz CT molecular complexity index is 1210. The quantitative estimate of drug-likeness (QED) is 0.426. The number of amides is 2. The van der Waals surface area contributed by atoms with Crippen LogP contribution in [0.4, 0.5) is 0 Å². The highest BCUT2D eigenvalue weighted by Gasteiger charge is 2.34. The van der Waals surface area contributed by atoms with Crippen molar-refractivity contribution in [2.75, 3.05) is 6.61 Å². The first-order valence-corrected chi connectivity index (χ1v) is 14.6. The summed E-state index contributed by atoms with van der Waals surface area (Å²) in [5.74, 6) is 0.0391. The summed E-state index contributed by atoms with van der Waals surface area (Å²) < 4.78 is 5.56. The van der Waals surface area contributed by atoms with E-state index < -0.39 is 5.97 Å². The van der Waals surface area contributed by atoms with Crippen molar-refractivity contribution >= 4 is 23.7 Å². The molecule has 3 atom stereocenters. The van der Waals surface area contributed by atoms with Gasteiger partial charge < -0.3 is 15.2 Å². The summed E-state index contributed by atoms with van der Waals surface area (Å²) in [5.41, 5.74) is 2.77. The number of nitrogens with zero attached hydrogens (tertiary/aromatic N) is 2. The molecule has 2 aliphatic carbocycles. The van der Waals surface area contributed by atoms with Gasteiger partial charge in [-0.2, -0.15) is 0 Å². The molecule has 5 rings (SSSR count). The Balaban J connectivity index is 1.26. The van der Waals surface area contributed by atoms with E-state index in [1.165, 1.54) is 5.01 Å². The van der Waals surface area contributed by atoms with Crippen LogP contribution in [0.1, 0.15) is 86.8 Å². The Morgan fingerprint density at radius 3 is 2.48 bits per heavy atom. The van der Waals surface area contributed by atoms with Crippen LogP contribution in [0.15, 0.2) is 59.7 Å². The maximum absolute atomic E-state index is 13.7. The summed E-state index contributed by atoms with van der Waals surface area (Å²) in [6.45, 7) is 0.285. The Hall–Kier alpha value is -3.68. The van der Waals surface area contributed by atoms with E-state index in [4.69, 9.17) is 9.84 Å². The number of carbonyl (C=O) groups is 3. The van der Waals surface area contributed by atoms with Crippen molar-refractivity contribution in [3.8, 4) is 0 Å². The fraction of sp³-hybridized carbons (Fsp3) is 0.500. The predicted molar refractivity (Wildman–Crippen MR) is 151 cm³/mol. The molecule has 2 amide bonds. The summed E-state index contributed by atoms with van der Waals surface area (Å²) in [6.07, 6.45) is 9.12. The van der Waals surface area contributed by atoms with Gasteiger partial charge in [-0.25, -0.2) is 5.01 Å². The normalized spacial score (nSPS) is 22.4. The van der Waals surface area contributed by atoms with E-state index in [-0.39, 0.29) is 36.8 Å². The standard InChI is InChI=1S/C32H39N3O5/c36-28-21-40-32(26-10-2-1-3-11-26)34-35(28)20-23-13-16-25(17-14-23)30(24-8-4-5-9-24)31(39)33-27-12-6-7-22(19-27)15-18-29(37)38/h1-3,10-11,13-14,16-17,22,24,27,30H,4-9,12,15,18-21H2,(H,33,39)(H,37,38). The Morgan fingerprint density at radius 1 is 1.00 bits per heavy atom. The van der Waals surface area contributed by atoms with Crippen LogP contribution in [0.25, 0.3) is 0 Å². The minimum Gasteiger partial charge on any atom is -0.481 e. The molecule has 0 radical (unpaired) electrons. The van der Waals surface area contributed by atoms with Crippen LogP contribution in [-0.2, 0) is 25.7 Å². The van der Waals surface area contributed by atoms with Crippen LogP contribution in [0.3, 0.4) is 0 Å². The third-order valence-electron chi connectivity index (χ3n) is 8.57. The molecule has 2 aromatic carbocycles. The highest BCUT2D eigenvalue weighted by molar-refractivity contribution is 5.97. The second-order valence-corrected chi connectivity index (χ2v) is 11.4. The summed E-state index contributed by atoms with van der Waals surface area (Å²) in [7, 11) is 0. The summed E-state index contributed by atoms with van der Waals surface area (Å²) in [5, 5.41) is 18.3. The first-order chi connectivity index (χ1) is 19.5. The largest absolute Gasteiger partial charge is 0.481 e. The van der Waals surface area contributed by atoms with Gasteiger partial charge in [0.1, 0.15) is 0 Å². The van der Waals surface area contributed by atoms with Gasteiger partial charge >= 0.3 is 5.97 Å². The Morgan fingerprint density at radius 2 is 1.75 bits per heavy atom. The van der Waals surface area contributed by atoms with Crippen molar-refractivity contribution in [1.29, 1.82) is 0 Å². The van der Waals surface area contributed by atoms with Crippen molar-refractivity contribution in [2.24, 2.45) is 16.9 Å². The minimum atomic E-state index is -0.752. The van der Waals surface area contributed by atoms with Gasteiger partial charge in [0.05, 0.1) is 12.5 Å². The topological polar surface area (TPSA) is 108 Å². The number of carboxylic acids is 1. The molecule has 1 aliphatic heterocycles. The van der Waals surface area contributed by atoms with Crippen molar-refractivity contribution in [3.05, 3.63) is 71.3 Å². The molecule has 2 saturated carbocycles. The Labute approximate surface area is 235 Å². The van der Waals surface area contributed by atoms with E-state index in [1.54, 1.807) is 0 Å². The molecule has 212 valence electrons. The van der Waals surface area contributed by atoms with Crippen molar-refractivity contribution in [3.63, 3.8) is 0 Å². The van der Waals surface area contributed by atoms with Crippen LogP contribution in [0, 0.1) is 11.8 Å². The lowest BCUT2D eigenvalue weighted by atomic mass is 9.81. The number of carbonyl (C=O) groups excluding carboxylic acids is 2. The number of benzene rings is 2. The fourth-order valence-corrected chi connectivity index (χ4v) is 6.48. The lowest BCUT2D eigenvalue weighted by Gasteiger charge is -2.32. The predicted octanol–water partition coefficient (Wildman–Crippen LogP) is 5.22. The maximum Gasteiger partial charge on any atom is 0.303 e. The van der Waals surface area contributed by atoms with Gasteiger partial charge in [0.25, 0.3) is 5.91 Å². The highest BCUT2D eigenvalue weighted by Crippen LogP contribution is 2.38. The lowest BCUT2D eigenvalue weighted by molar-refractivity contribution is -0.137. The third-order valence-corrected chi connectivity index (χ3v) is 8.57. The number of hydrogen-bond acceptors (Lipinski definition) is 5. The third kappa shape index (κ3) is 7.09. The van der Waals surface area contributed by atoms with E-state index >= 15 is 0 Å². The molecule has 0 saturated heterocycles. The van der Waals surface area contributed by atoms with Gasteiger partial charge in [-0.1, -0.05) is 68.1 Å². The van der Waals surface area contributed by atoms with Crippen LogP contribution >= 0.6 is 0 Å². The molecular weight excluding hydrogens is 506 g/mol. The van der Waals surface area contributed by atoms with Crippen molar-refractivity contribution in [1.82, 2.24) is 10.3 Å². The van der Waals surface area contributed by atoms with Crippen LogP contribution in [-0.4, -0.2) is 46.4 Å². The van der Waals surface area contributed by atoms with Gasteiger partial charge in [0.15, 0.2) is 6.61 Å². The molecule has 2 N–H and O–H groups in total. The van der Waals surface area contributed by atoms with E-state index in [0.29, 0.717) is 30.7 Å². The molecule has 40 heavy (non-hydrogen) atoms. The van der Waals surface area contributed by atoms with E-state index in [0.717, 1.165) is 68.1 Å². The molecule has 3 aliphatic rings. The zero-order valence-electron chi connectivity index (χ0n) is 23.0. The average Bonchev–Trinajstić information content (AvgIpc) is 3.49. The first-order valence-electron chi connectivity index (χ1n) is 14.6. The van der Waals surface area contributed by atoms with Crippen LogP contribution in [0.2, 0.25) is 0 Å². The zero-order valence-corrected chi connectivity index (χ0v) is 23.0. The molecular formula is C32H39N3O5. The summed E-state index contributed by atoms with van der Waals surface area (Å²) in [4.78, 5) is 37.2. The molecule has 1 heterocycles. The average molecular weight is 546 g/mol. The minimum absolute atomic E-state index is 0.0476. The number of carboxylic acid groups (broad SMARTS) is 1. The number of hydrazone groups is 1. The highest BCUT2D eigenvalue weighted by atomic mass is 16.5. The van der Waals surface area contributed by atoms with E-state index in [2.05, 4.69) is 10.4 Å². The first kappa shape index (κ1) is 27.9. The molecule has 0 spiro atoms. The van der Waals surface area contributed by atoms with Crippen LogP contribution in [0.5, 0.6) is 0 Å². The zero-order chi connectivity index (χ0) is 27.9. The molecule has 3 unspecified atom stereocenters. The molecule has 8 nitrogen and oxygen atoms in total. The maximum atomic E-state index is 13.7. The van der Waals surface area contributed by atoms with E-state index in [1.807, 2.05) is 54.6 Å². The second-order valence-electron chi connectivity index (χ2n) is 11.4. The number of ether oxygens (including phenoxy) is 1. The van der Waals surface area contributed by atoms with E-state index in [9.17, 15) is 14.4 Å². The molecule has 8 heteroatoms. The monoisotopic (exact) mass is 545 g/mol. The van der Waals surface area contributed by atoms with Crippen molar-refractivity contribution in [2.45, 2.75) is 82.7 Å². The van der Waals surface area contributed by atoms with Gasteiger partial charge in [0.2, 0.25) is 11.8 Å². The van der Waals surface area contributed by atoms with Gasteiger partial charge in [-0.3, -0.25) is 14.4 Å². The molecule has 0 bridgehead atoms. The number of hydrogen-bond donors (Lipinski definition) is 2. The van der Waals surface area contributed by atoms with Crippen LogP contribution < -0.4 is 5.32 Å². The number of rotatable bonds is 10. The number of nitrogens with one attached hydrogen (secondary N) is 1. The van der Waals surface area contributed by atoms with Gasteiger partial charge in [0, 0.05) is 18.0 Å². The molecule has 2 fully saturated rings. The second kappa shape index (κ2) is 13.1. The van der Waals surface area contributed by atoms with Gasteiger partial charge in [-0.05, 0) is 67.2 Å². The lowest BCUT2D eigenvalue weighted by Crippen LogP contribution is -2.42. The Kier molecular flexibility index (Phi) is 9.14.